The van der Waals surface area contributed by atoms with E-state index in [1.54, 1.807) is 31.2 Å². The van der Waals surface area contributed by atoms with Gasteiger partial charge in [0.05, 0.1) is 23.5 Å². The number of hydrogen-bond acceptors (Lipinski definition) is 4. The lowest BCUT2D eigenvalue weighted by Gasteiger charge is -2.02. The van der Waals surface area contributed by atoms with E-state index in [4.69, 9.17) is 4.74 Å². The van der Waals surface area contributed by atoms with E-state index in [1.165, 1.54) is 0 Å². The fourth-order valence-corrected chi connectivity index (χ4v) is 2.26. The van der Waals surface area contributed by atoms with Crippen molar-refractivity contribution in [1.82, 2.24) is 0 Å². The van der Waals surface area contributed by atoms with Gasteiger partial charge in [0.1, 0.15) is 0 Å². The van der Waals surface area contributed by atoms with Crippen molar-refractivity contribution in [3.8, 4) is 0 Å². The van der Waals surface area contributed by atoms with Crippen LogP contribution >= 0.6 is 0 Å². The molecule has 0 N–H and O–H groups in total. The number of fused-ring (bicyclic) bond motifs is 1. The number of nitrogens with zero attached hydrogens (tertiary/aromatic N) is 2. The third kappa shape index (κ3) is 3.61. The summed E-state index contributed by atoms with van der Waals surface area (Å²) in [5.41, 5.74) is 1.86. The summed E-state index contributed by atoms with van der Waals surface area (Å²) >= 11 is 0. The fraction of sp³-hybridized carbons (Fsp3) is 0.105. The zero-order chi connectivity index (χ0) is 16.1. The molecule has 3 aromatic carbocycles. The molecule has 4 heteroatoms. The summed E-state index contributed by atoms with van der Waals surface area (Å²) in [5.74, 6) is -0.352. The van der Waals surface area contributed by atoms with Crippen LogP contribution in [0.5, 0.6) is 0 Å². The molecule has 0 aliphatic carbocycles. The van der Waals surface area contributed by atoms with E-state index in [-0.39, 0.29) is 5.97 Å². The summed E-state index contributed by atoms with van der Waals surface area (Å²) in [4.78, 5) is 11.7. The van der Waals surface area contributed by atoms with Crippen molar-refractivity contribution < 1.29 is 9.53 Å². The summed E-state index contributed by atoms with van der Waals surface area (Å²) in [6.07, 6.45) is 0. The lowest BCUT2D eigenvalue weighted by atomic mass is 10.1. The van der Waals surface area contributed by atoms with Gasteiger partial charge in [-0.15, -0.1) is 0 Å². The van der Waals surface area contributed by atoms with Gasteiger partial charge in [-0.05, 0) is 48.0 Å². The second-order valence-electron chi connectivity index (χ2n) is 5.00. The first-order chi connectivity index (χ1) is 11.3. The van der Waals surface area contributed by atoms with Crippen molar-refractivity contribution in [2.24, 2.45) is 10.2 Å². The predicted molar refractivity (Wildman–Crippen MR) is 90.5 cm³/mol. The first-order valence-electron chi connectivity index (χ1n) is 7.44. The van der Waals surface area contributed by atoms with Crippen LogP contribution in [0.3, 0.4) is 0 Å². The van der Waals surface area contributed by atoms with Crippen LogP contribution in [-0.2, 0) is 4.74 Å². The quantitative estimate of drug-likeness (QED) is 0.476. The third-order valence-electron chi connectivity index (χ3n) is 3.37. The van der Waals surface area contributed by atoms with Gasteiger partial charge >= 0.3 is 5.97 Å². The normalized spacial score (nSPS) is 11.0. The number of hydrogen-bond donors (Lipinski definition) is 0. The molecule has 0 bridgehead atoms. The Balaban J connectivity index is 1.83. The van der Waals surface area contributed by atoms with E-state index < -0.39 is 0 Å². The first-order valence-corrected chi connectivity index (χ1v) is 7.44. The number of azo groups is 1. The number of carbonyl (C=O) groups excluding carboxylic acids is 1. The minimum absolute atomic E-state index is 0.349. The van der Waals surface area contributed by atoms with Gasteiger partial charge in [-0.3, -0.25) is 0 Å². The minimum Gasteiger partial charge on any atom is -0.462 e. The third-order valence-corrected chi connectivity index (χ3v) is 3.37. The van der Waals surface area contributed by atoms with Gasteiger partial charge in [0, 0.05) is 0 Å². The Morgan fingerprint density at radius 1 is 0.870 bits per heavy atom. The average molecular weight is 304 g/mol. The highest BCUT2D eigenvalue weighted by molar-refractivity contribution is 5.90. The summed E-state index contributed by atoms with van der Waals surface area (Å²) in [6, 6.07) is 20.9. The maximum absolute atomic E-state index is 11.7. The smallest absolute Gasteiger partial charge is 0.338 e. The highest BCUT2D eigenvalue weighted by Crippen LogP contribution is 2.23. The Bertz CT molecular complexity index is 872. The molecule has 0 aromatic heterocycles. The lowest BCUT2D eigenvalue weighted by Crippen LogP contribution is -2.03. The molecule has 0 aliphatic rings. The van der Waals surface area contributed by atoms with Gasteiger partial charge in [0.15, 0.2) is 0 Å². The molecule has 114 valence electrons. The van der Waals surface area contributed by atoms with Crippen LogP contribution in [0.1, 0.15) is 17.3 Å². The van der Waals surface area contributed by atoms with Gasteiger partial charge in [0.25, 0.3) is 0 Å². The molecule has 0 aliphatic heterocycles. The molecule has 4 nitrogen and oxygen atoms in total. The molecule has 0 atom stereocenters. The fourth-order valence-electron chi connectivity index (χ4n) is 2.26. The topological polar surface area (TPSA) is 51.0 Å². The van der Waals surface area contributed by atoms with E-state index in [9.17, 15) is 4.79 Å². The number of ether oxygens (including phenoxy) is 1. The maximum atomic E-state index is 11.7. The van der Waals surface area contributed by atoms with Crippen LogP contribution in [0, 0.1) is 0 Å². The van der Waals surface area contributed by atoms with Crippen molar-refractivity contribution in [2.45, 2.75) is 6.92 Å². The van der Waals surface area contributed by atoms with Crippen LogP contribution in [-0.4, -0.2) is 12.6 Å². The van der Waals surface area contributed by atoms with Crippen LogP contribution in [0.4, 0.5) is 11.4 Å². The SMILES string of the molecule is CCOC(=O)c1cccc(N=Nc2ccc3ccccc3c2)c1. The second-order valence-corrected chi connectivity index (χ2v) is 5.00. The molecular formula is C19H16N2O2. The van der Waals surface area contributed by atoms with Crippen LogP contribution in [0.2, 0.25) is 0 Å². The minimum atomic E-state index is -0.352. The predicted octanol–water partition coefficient (Wildman–Crippen LogP) is 5.43. The van der Waals surface area contributed by atoms with Crippen molar-refractivity contribution in [3.05, 3.63) is 72.3 Å². The largest absolute Gasteiger partial charge is 0.462 e. The molecule has 0 heterocycles. The molecule has 0 saturated carbocycles. The maximum Gasteiger partial charge on any atom is 0.338 e. The Morgan fingerprint density at radius 2 is 1.61 bits per heavy atom. The van der Waals surface area contributed by atoms with Gasteiger partial charge < -0.3 is 4.74 Å². The standard InChI is InChI=1S/C19H16N2O2/c1-2-23-19(22)16-8-5-9-17(13-16)20-21-18-11-10-14-6-3-4-7-15(14)12-18/h3-13H,2H2,1H3. The molecular weight excluding hydrogens is 288 g/mol. The Kier molecular flexibility index (Phi) is 4.43. The molecule has 23 heavy (non-hydrogen) atoms. The lowest BCUT2D eigenvalue weighted by molar-refractivity contribution is 0.0526. The molecule has 0 spiro atoms. The van der Waals surface area contributed by atoms with Crippen LogP contribution < -0.4 is 0 Å². The van der Waals surface area contributed by atoms with Crippen molar-refractivity contribution in [3.63, 3.8) is 0 Å². The van der Waals surface area contributed by atoms with Gasteiger partial charge in [-0.2, -0.15) is 10.2 Å². The van der Waals surface area contributed by atoms with Crippen LogP contribution in [0.25, 0.3) is 10.8 Å². The van der Waals surface area contributed by atoms with Gasteiger partial charge in [-0.25, -0.2) is 4.79 Å². The molecule has 0 saturated heterocycles. The van der Waals surface area contributed by atoms with E-state index in [2.05, 4.69) is 16.3 Å². The Labute approximate surface area is 134 Å². The molecule has 0 amide bonds. The Hall–Kier alpha value is -3.01. The summed E-state index contributed by atoms with van der Waals surface area (Å²) in [5, 5.41) is 10.7. The highest BCUT2D eigenvalue weighted by atomic mass is 16.5. The molecule has 0 radical (unpaired) electrons. The van der Waals surface area contributed by atoms with E-state index in [0.29, 0.717) is 17.9 Å². The van der Waals surface area contributed by atoms with Crippen molar-refractivity contribution >= 4 is 28.1 Å². The molecule has 3 rings (SSSR count). The molecule has 0 unspecified atom stereocenters. The molecule has 3 aromatic rings. The van der Waals surface area contributed by atoms with E-state index >= 15 is 0 Å². The van der Waals surface area contributed by atoms with Crippen LogP contribution in [0.15, 0.2) is 77.0 Å². The monoisotopic (exact) mass is 304 g/mol. The zero-order valence-electron chi connectivity index (χ0n) is 12.8. The van der Waals surface area contributed by atoms with E-state index in [0.717, 1.165) is 16.5 Å². The summed E-state index contributed by atoms with van der Waals surface area (Å²) in [7, 11) is 0. The Morgan fingerprint density at radius 3 is 2.39 bits per heavy atom. The highest BCUT2D eigenvalue weighted by Gasteiger charge is 2.06. The summed E-state index contributed by atoms with van der Waals surface area (Å²) in [6.45, 7) is 2.13. The first kappa shape index (κ1) is 14.9. The second kappa shape index (κ2) is 6.83. The number of rotatable bonds is 4. The number of esters is 1. The zero-order valence-corrected chi connectivity index (χ0v) is 12.8. The summed E-state index contributed by atoms with van der Waals surface area (Å²) < 4.78 is 4.98. The number of benzene rings is 3. The average Bonchev–Trinajstić information content (AvgIpc) is 2.60. The number of carbonyl (C=O) groups is 1. The van der Waals surface area contributed by atoms with Gasteiger partial charge in [0.2, 0.25) is 0 Å². The van der Waals surface area contributed by atoms with E-state index in [1.807, 2.05) is 36.4 Å². The van der Waals surface area contributed by atoms with Crippen molar-refractivity contribution in [1.29, 1.82) is 0 Å². The van der Waals surface area contributed by atoms with Gasteiger partial charge in [-0.1, -0.05) is 36.4 Å². The van der Waals surface area contributed by atoms with Crippen molar-refractivity contribution in [2.75, 3.05) is 6.61 Å². The molecule has 0 fully saturated rings.